The van der Waals surface area contributed by atoms with Crippen LogP contribution in [0.25, 0.3) is 0 Å². The Morgan fingerprint density at radius 2 is 2.13 bits per heavy atom. The number of carbonyl (C=O) groups excluding carboxylic acids is 2. The van der Waals surface area contributed by atoms with E-state index in [0.717, 1.165) is 5.01 Å². The number of imide groups is 1. The van der Waals surface area contributed by atoms with Gasteiger partial charge in [0.25, 0.3) is 5.91 Å². The summed E-state index contributed by atoms with van der Waals surface area (Å²) in [6, 6.07) is 6.00. The highest BCUT2D eigenvalue weighted by molar-refractivity contribution is 6.07. The van der Waals surface area contributed by atoms with Crippen molar-refractivity contribution in [2.24, 2.45) is 5.10 Å². The normalized spacial score (nSPS) is 20.9. The van der Waals surface area contributed by atoms with Crippen molar-refractivity contribution in [2.75, 3.05) is 6.61 Å². The van der Waals surface area contributed by atoms with Gasteiger partial charge in [-0.1, -0.05) is 19.1 Å². The lowest BCUT2D eigenvalue weighted by atomic mass is 10.00. The highest BCUT2D eigenvalue weighted by Gasteiger charge is 2.46. The van der Waals surface area contributed by atoms with E-state index in [1.807, 2.05) is 0 Å². The molecule has 3 amide bonds. The number of aliphatic carboxylic acids is 1. The van der Waals surface area contributed by atoms with Gasteiger partial charge >= 0.3 is 12.0 Å². The molecule has 0 radical (unpaired) electrons. The van der Waals surface area contributed by atoms with Gasteiger partial charge in [-0.25, -0.2) is 9.59 Å². The van der Waals surface area contributed by atoms with E-state index in [1.54, 1.807) is 38.1 Å². The first-order valence-electron chi connectivity index (χ1n) is 7.01. The Hall–Kier alpha value is -2.90. The quantitative estimate of drug-likeness (QED) is 0.605. The lowest BCUT2D eigenvalue weighted by Gasteiger charge is -2.17. The van der Waals surface area contributed by atoms with Crippen molar-refractivity contribution in [2.45, 2.75) is 25.8 Å². The summed E-state index contributed by atoms with van der Waals surface area (Å²) < 4.78 is 5.13. The fourth-order valence-electron chi connectivity index (χ4n) is 1.99. The van der Waals surface area contributed by atoms with Gasteiger partial charge in [-0.2, -0.15) is 5.10 Å². The van der Waals surface area contributed by atoms with Crippen LogP contribution in [0.15, 0.2) is 29.4 Å². The van der Waals surface area contributed by atoms with E-state index < -0.39 is 30.1 Å². The minimum absolute atomic E-state index is 0.295. The topological polar surface area (TPSA) is 108 Å². The van der Waals surface area contributed by atoms with Crippen LogP contribution in [-0.2, 0) is 9.59 Å². The zero-order valence-corrected chi connectivity index (χ0v) is 12.8. The van der Waals surface area contributed by atoms with Gasteiger partial charge in [-0.05, 0) is 25.5 Å². The van der Waals surface area contributed by atoms with Crippen molar-refractivity contribution in [3.8, 4) is 5.75 Å². The van der Waals surface area contributed by atoms with Crippen LogP contribution in [0, 0.1) is 0 Å². The summed E-state index contributed by atoms with van der Waals surface area (Å²) in [6.07, 6.45) is 1.73. The molecule has 2 rings (SSSR count). The SMILES string of the molecule is CC[C@@]1(C)NC(=O)N(/N=C\c2ccccc2OCC(=O)O)C1=O. The molecular weight excluding hydrogens is 302 g/mol. The number of carboxylic acid groups (broad SMARTS) is 1. The van der Waals surface area contributed by atoms with Crippen LogP contribution in [-0.4, -0.2) is 46.4 Å². The lowest BCUT2D eigenvalue weighted by Crippen LogP contribution is -2.42. The second kappa shape index (κ2) is 6.47. The van der Waals surface area contributed by atoms with Crippen LogP contribution < -0.4 is 10.1 Å². The monoisotopic (exact) mass is 319 g/mol. The summed E-state index contributed by atoms with van der Waals surface area (Å²) in [5.41, 5.74) is -0.507. The number of hydrogen-bond acceptors (Lipinski definition) is 5. The van der Waals surface area contributed by atoms with Gasteiger partial charge in [-0.15, -0.1) is 5.01 Å². The summed E-state index contributed by atoms with van der Waals surface area (Å²) in [5.74, 6) is -1.25. The van der Waals surface area contributed by atoms with Crippen LogP contribution in [0.2, 0.25) is 0 Å². The van der Waals surface area contributed by atoms with Crippen molar-refractivity contribution in [1.82, 2.24) is 10.3 Å². The zero-order valence-electron chi connectivity index (χ0n) is 12.8. The molecule has 2 N–H and O–H groups in total. The molecule has 8 heteroatoms. The maximum Gasteiger partial charge on any atom is 0.346 e. The minimum atomic E-state index is -1.11. The van der Waals surface area contributed by atoms with Crippen LogP contribution in [0.1, 0.15) is 25.8 Å². The summed E-state index contributed by atoms with van der Waals surface area (Å²) >= 11 is 0. The van der Waals surface area contributed by atoms with Crippen LogP contribution in [0.5, 0.6) is 5.75 Å². The Morgan fingerprint density at radius 1 is 1.43 bits per heavy atom. The molecule has 0 bridgehead atoms. The number of nitrogens with zero attached hydrogens (tertiary/aromatic N) is 2. The van der Waals surface area contributed by atoms with E-state index in [9.17, 15) is 14.4 Å². The Bertz CT molecular complexity index is 673. The van der Waals surface area contributed by atoms with E-state index in [0.29, 0.717) is 17.7 Å². The molecule has 23 heavy (non-hydrogen) atoms. The predicted molar refractivity (Wildman–Crippen MR) is 81.2 cm³/mol. The second-order valence-electron chi connectivity index (χ2n) is 5.20. The van der Waals surface area contributed by atoms with Gasteiger partial charge in [0.2, 0.25) is 0 Å². The molecule has 1 aliphatic heterocycles. The molecule has 1 aromatic rings. The Morgan fingerprint density at radius 3 is 2.74 bits per heavy atom. The molecule has 122 valence electrons. The molecule has 0 spiro atoms. The summed E-state index contributed by atoms with van der Waals surface area (Å²) in [7, 11) is 0. The molecule has 0 unspecified atom stereocenters. The number of hydrogen-bond donors (Lipinski definition) is 2. The maximum absolute atomic E-state index is 12.2. The third-order valence-corrected chi connectivity index (χ3v) is 3.53. The maximum atomic E-state index is 12.2. The first kappa shape index (κ1) is 16.5. The van der Waals surface area contributed by atoms with Gasteiger partial charge in [-0.3, -0.25) is 4.79 Å². The van der Waals surface area contributed by atoms with Crippen molar-refractivity contribution >= 4 is 24.1 Å². The fraction of sp³-hybridized carbons (Fsp3) is 0.333. The molecule has 1 heterocycles. The molecule has 0 aromatic heterocycles. The van der Waals surface area contributed by atoms with Crippen LogP contribution >= 0.6 is 0 Å². The van der Waals surface area contributed by atoms with Gasteiger partial charge in [0.15, 0.2) is 6.61 Å². The van der Waals surface area contributed by atoms with Crippen molar-refractivity contribution < 1.29 is 24.2 Å². The molecular formula is C15H17N3O5. The molecule has 1 aliphatic rings. The molecule has 8 nitrogen and oxygen atoms in total. The number of nitrogens with one attached hydrogen (secondary N) is 1. The number of benzene rings is 1. The second-order valence-corrected chi connectivity index (χ2v) is 5.20. The first-order valence-corrected chi connectivity index (χ1v) is 7.01. The van der Waals surface area contributed by atoms with Gasteiger partial charge in [0.05, 0.1) is 6.21 Å². The van der Waals surface area contributed by atoms with E-state index >= 15 is 0 Å². The summed E-state index contributed by atoms with van der Waals surface area (Å²) in [6.45, 7) is 2.93. The molecule has 1 atom stereocenters. The number of amides is 3. The minimum Gasteiger partial charge on any atom is -0.481 e. The third kappa shape index (κ3) is 3.47. The largest absolute Gasteiger partial charge is 0.481 e. The smallest absolute Gasteiger partial charge is 0.346 e. The lowest BCUT2D eigenvalue weighted by molar-refractivity contribution is -0.139. The number of ether oxygens (including phenoxy) is 1. The number of carbonyl (C=O) groups is 3. The van der Waals surface area contributed by atoms with Gasteiger partial charge in [0.1, 0.15) is 11.3 Å². The fourth-order valence-corrected chi connectivity index (χ4v) is 1.99. The average Bonchev–Trinajstić information content (AvgIpc) is 2.74. The number of carboxylic acids is 1. The average molecular weight is 319 g/mol. The first-order chi connectivity index (χ1) is 10.9. The van der Waals surface area contributed by atoms with E-state index in [2.05, 4.69) is 10.4 Å². The predicted octanol–water partition coefficient (Wildman–Crippen LogP) is 1.20. The van der Waals surface area contributed by atoms with Crippen molar-refractivity contribution in [1.29, 1.82) is 0 Å². The third-order valence-electron chi connectivity index (χ3n) is 3.53. The summed E-state index contributed by atoms with van der Waals surface area (Å²) in [4.78, 5) is 34.6. The molecule has 1 fully saturated rings. The highest BCUT2D eigenvalue weighted by Crippen LogP contribution is 2.22. The zero-order chi connectivity index (χ0) is 17.0. The number of rotatable bonds is 6. The van der Waals surface area contributed by atoms with Crippen LogP contribution in [0.3, 0.4) is 0 Å². The Kier molecular flexibility index (Phi) is 4.63. The highest BCUT2D eigenvalue weighted by atomic mass is 16.5. The summed E-state index contributed by atoms with van der Waals surface area (Å²) in [5, 5.41) is 15.9. The van der Waals surface area contributed by atoms with Gasteiger partial charge < -0.3 is 15.2 Å². The molecule has 1 saturated heterocycles. The van der Waals surface area contributed by atoms with Crippen LogP contribution in [0.4, 0.5) is 4.79 Å². The standard InChI is InChI=1S/C15H17N3O5/c1-3-15(2)13(21)18(14(22)17-15)16-8-10-6-4-5-7-11(10)23-9-12(19)20/h4-8H,3,9H2,1-2H3,(H,17,22)(H,19,20)/b16-8-/t15-/m1/s1. The Labute approximate surface area is 132 Å². The molecule has 0 aliphatic carbocycles. The molecule has 1 aromatic carbocycles. The van der Waals surface area contributed by atoms with Crippen molar-refractivity contribution in [3.05, 3.63) is 29.8 Å². The van der Waals surface area contributed by atoms with Crippen molar-refractivity contribution in [3.63, 3.8) is 0 Å². The Balaban J connectivity index is 2.19. The van der Waals surface area contributed by atoms with E-state index in [-0.39, 0.29) is 0 Å². The molecule has 0 saturated carbocycles. The number of hydrazone groups is 1. The number of urea groups is 1. The van der Waals surface area contributed by atoms with E-state index in [4.69, 9.17) is 9.84 Å². The number of para-hydroxylation sites is 1. The van der Waals surface area contributed by atoms with Gasteiger partial charge in [0, 0.05) is 5.56 Å². The van der Waals surface area contributed by atoms with E-state index in [1.165, 1.54) is 6.21 Å².